The van der Waals surface area contributed by atoms with Crippen LogP contribution in [0, 0.1) is 5.41 Å². The predicted molar refractivity (Wildman–Crippen MR) is 122 cm³/mol. The number of halogens is 1. The molecule has 0 radical (unpaired) electrons. The van der Waals surface area contributed by atoms with Crippen LogP contribution in [0.2, 0.25) is 0 Å². The van der Waals surface area contributed by atoms with Gasteiger partial charge in [0.15, 0.2) is 0 Å². The van der Waals surface area contributed by atoms with Crippen LogP contribution in [-0.2, 0) is 17.8 Å². The molecule has 1 aliphatic heterocycles. The van der Waals surface area contributed by atoms with Crippen molar-refractivity contribution in [1.82, 2.24) is 10.2 Å². The Morgan fingerprint density at radius 3 is 2.41 bits per heavy atom. The number of rotatable bonds is 7. The number of hydrogen-bond donors (Lipinski definition) is 1. The second-order valence-corrected chi connectivity index (χ2v) is 8.99. The van der Waals surface area contributed by atoms with Crippen molar-refractivity contribution >= 4 is 23.2 Å². The summed E-state index contributed by atoms with van der Waals surface area (Å²) in [4.78, 5) is 17.2. The fourth-order valence-electron chi connectivity index (χ4n) is 3.73. The van der Waals surface area contributed by atoms with Gasteiger partial charge in [0.25, 0.3) is 0 Å². The molecule has 0 aromatic heterocycles. The van der Waals surface area contributed by atoms with E-state index >= 15 is 0 Å². The first-order chi connectivity index (χ1) is 13.8. The third kappa shape index (κ3) is 5.12. The summed E-state index contributed by atoms with van der Waals surface area (Å²) >= 11 is 6.00. The molecule has 1 atom stereocenters. The van der Waals surface area contributed by atoms with E-state index in [1.807, 2.05) is 27.9 Å². The van der Waals surface area contributed by atoms with Crippen LogP contribution in [0.4, 0.5) is 5.69 Å². The molecular weight excluding hydrogens is 382 g/mol. The van der Waals surface area contributed by atoms with Crippen LogP contribution in [0.25, 0.3) is 0 Å². The molecule has 29 heavy (non-hydrogen) atoms. The molecule has 4 nitrogen and oxygen atoms in total. The van der Waals surface area contributed by atoms with Crippen molar-refractivity contribution in [3.63, 3.8) is 0 Å². The van der Waals surface area contributed by atoms with Crippen molar-refractivity contribution < 1.29 is 4.79 Å². The maximum Gasteiger partial charge on any atom is 0.226 e. The van der Waals surface area contributed by atoms with Gasteiger partial charge in [0.1, 0.15) is 0 Å². The Hall–Kier alpha value is -2.04. The van der Waals surface area contributed by atoms with Crippen LogP contribution >= 0.6 is 11.6 Å². The Balaban J connectivity index is 1.82. The van der Waals surface area contributed by atoms with Crippen LogP contribution in [0.3, 0.4) is 0 Å². The van der Waals surface area contributed by atoms with Crippen molar-refractivity contribution in [3.8, 4) is 0 Å². The lowest BCUT2D eigenvalue weighted by atomic mass is 9.94. The zero-order chi connectivity index (χ0) is 21.0. The lowest BCUT2D eigenvalue weighted by molar-refractivity contribution is -0.128. The van der Waals surface area contributed by atoms with E-state index in [4.69, 9.17) is 11.6 Å². The maximum absolute atomic E-state index is 12.6. The number of carbonyl (C=O) groups is 1. The Morgan fingerprint density at radius 1 is 1.14 bits per heavy atom. The van der Waals surface area contributed by atoms with Crippen LogP contribution in [0.5, 0.6) is 0 Å². The number of nitrogens with zero attached hydrogens (tertiary/aromatic N) is 2. The highest BCUT2D eigenvalue weighted by molar-refractivity contribution is 6.19. The minimum atomic E-state index is -0.574. The Labute approximate surface area is 179 Å². The van der Waals surface area contributed by atoms with Gasteiger partial charge in [0, 0.05) is 45.3 Å². The van der Waals surface area contributed by atoms with E-state index in [1.165, 1.54) is 22.4 Å². The molecule has 0 bridgehead atoms. The summed E-state index contributed by atoms with van der Waals surface area (Å²) in [7, 11) is 4.09. The van der Waals surface area contributed by atoms with E-state index in [1.54, 1.807) is 0 Å². The Bertz CT molecular complexity index is 832. The van der Waals surface area contributed by atoms with Gasteiger partial charge < -0.3 is 10.2 Å². The summed E-state index contributed by atoms with van der Waals surface area (Å²) < 4.78 is 0. The highest BCUT2D eigenvalue weighted by Gasteiger charge is 2.29. The molecule has 0 saturated carbocycles. The SMILES string of the molecule is CN(C)c1ccc(C(CNC(=O)C(C)(C)CCl)N2CCc3ccccc3C2)cc1. The molecule has 1 N–H and O–H groups in total. The highest BCUT2D eigenvalue weighted by Crippen LogP contribution is 2.29. The number of carbonyl (C=O) groups excluding carboxylic acids is 1. The standard InChI is InChI=1S/C24H32ClN3O/c1-24(2,17-25)23(29)26-15-22(19-9-11-21(12-10-19)27(3)4)28-14-13-18-7-5-6-8-20(18)16-28/h5-12,22H,13-17H2,1-4H3,(H,26,29). The van der Waals surface area contributed by atoms with E-state index in [2.05, 4.69) is 63.6 Å². The summed E-state index contributed by atoms with van der Waals surface area (Å²) in [6, 6.07) is 17.4. The quantitative estimate of drug-likeness (QED) is 0.690. The summed E-state index contributed by atoms with van der Waals surface area (Å²) in [5.74, 6) is 0.304. The van der Waals surface area contributed by atoms with Crippen LogP contribution in [0.15, 0.2) is 48.5 Å². The van der Waals surface area contributed by atoms with Crippen molar-refractivity contribution in [2.45, 2.75) is 32.9 Å². The first-order valence-corrected chi connectivity index (χ1v) is 10.8. The number of benzene rings is 2. The second-order valence-electron chi connectivity index (χ2n) is 8.72. The molecule has 3 rings (SSSR count). The molecule has 0 aliphatic carbocycles. The van der Waals surface area contributed by atoms with E-state index in [0.29, 0.717) is 12.4 Å². The van der Waals surface area contributed by atoms with E-state index < -0.39 is 5.41 Å². The minimum absolute atomic E-state index is 0.000166. The lowest BCUT2D eigenvalue weighted by Gasteiger charge is -2.36. The van der Waals surface area contributed by atoms with Crippen molar-refractivity contribution in [3.05, 3.63) is 65.2 Å². The number of hydrogen-bond acceptors (Lipinski definition) is 3. The Kier molecular flexibility index (Phi) is 6.86. The number of alkyl halides is 1. The summed E-state index contributed by atoms with van der Waals surface area (Å²) in [5.41, 5.74) is 4.62. The topological polar surface area (TPSA) is 35.6 Å². The van der Waals surface area contributed by atoms with Gasteiger partial charge in [0.05, 0.1) is 11.5 Å². The molecule has 5 heteroatoms. The first-order valence-electron chi connectivity index (χ1n) is 10.2. The summed E-state index contributed by atoms with van der Waals surface area (Å²) in [6.07, 6.45) is 1.03. The van der Waals surface area contributed by atoms with Crippen molar-refractivity contribution in [1.29, 1.82) is 0 Å². The molecule has 0 spiro atoms. The third-order valence-corrected chi connectivity index (χ3v) is 6.47. The normalized spacial score (nSPS) is 15.5. The average Bonchev–Trinajstić information content (AvgIpc) is 2.73. The third-order valence-electron chi connectivity index (χ3n) is 5.80. The van der Waals surface area contributed by atoms with Crippen molar-refractivity contribution in [2.24, 2.45) is 5.41 Å². The summed E-state index contributed by atoms with van der Waals surface area (Å²) in [5, 5.41) is 3.16. The zero-order valence-corrected chi connectivity index (χ0v) is 18.7. The Morgan fingerprint density at radius 2 is 1.79 bits per heavy atom. The van der Waals surface area contributed by atoms with Gasteiger partial charge in [-0.1, -0.05) is 36.4 Å². The molecular formula is C24H32ClN3O. The van der Waals surface area contributed by atoms with Gasteiger partial charge in [-0.05, 0) is 49.1 Å². The molecule has 2 aromatic carbocycles. The molecule has 1 unspecified atom stereocenters. The molecule has 1 heterocycles. The molecule has 156 valence electrons. The van der Waals surface area contributed by atoms with E-state index in [-0.39, 0.29) is 11.9 Å². The number of amides is 1. The van der Waals surface area contributed by atoms with Gasteiger partial charge in [-0.15, -0.1) is 11.6 Å². The predicted octanol–water partition coefficient (Wildman–Crippen LogP) is 4.23. The van der Waals surface area contributed by atoms with Crippen LogP contribution in [0.1, 0.15) is 36.6 Å². The van der Waals surface area contributed by atoms with Gasteiger partial charge in [-0.25, -0.2) is 0 Å². The maximum atomic E-state index is 12.6. The first kappa shape index (κ1) is 21.7. The monoisotopic (exact) mass is 413 g/mol. The fourth-order valence-corrected chi connectivity index (χ4v) is 3.85. The van der Waals surface area contributed by atoms with Crippen LogP contribution in [-0.4, -0.2) is 43.9 Å². The van der Waals surface area contributed by atoms with Gasteiger partial charge in [-0.3, -0.25) is 9.69 Å². The molecule has 2 aromatic rings. The summed E-state index contributed by atoms with van der Waals surface area (Å²) in [6.45, 7) is 6.21. The average molecular weight is 414 g/mol. The smallest absolute Gasteiger partial charge is 0.226 e. The highest BCUT2D eigenvalue weighted by atomic mass is 35.5. The fraction of sp³-hybridized carbons (Fsp3) is 0.458. The second kappa shape index (κ2) is 9.19. The van der Waals surface area contributed by atoms with E-state index in [9.17, 15) is 4.79 Å². The zero-order valence-electron chi connectivity index (χ0n) is 17.9. The van der Waals surface area contributed by atoms with Gasteiger partial charge in [-0.2, -0.15) is 0 Å². The van der Waals surface area contributed by atoms with E-state index in [0.717, 1.165) is 19.5 Å². The van der Waals surface area contributed by atoms with Gasteiger partial charge in [0.2, 0.25) is 5.91 Å². The lowest BCUT2D eigenvalue weighted by Crippen LogP contribution is -2.44. The molecule has 1 aliphatic rings. The minimum Gasteiger partial charge on any atom is -0.378 e. The van der Waals surface area contributed by atoms with Crippen molar-refractivity contribution in [2.75, 3.05) is 38.0 Å². The van der Waals surface area contributed by atoms with Gasteiger partial charge >= 0.3 is 0 Å². The number of fused-ring (bicyclic) bond motifs is 1. The molecule has 0 fully saturated rings. The number of nitrogens with one attached hydrogen (secondary N) is 1. The molecule has 0 saturated heterocycles. The largest absolute Gasteiger partial charge is 0.378 e. The number of anilines is 1. The molecule has 1 amide bonds. The van der Waals surface area contributed by atoms with Crippen LogP contribution < -0.4 is 10.2 Å².